The molecule has 0 amide bonds. The average Bonchev–Trinajstić information content (AvgIpc) is 2.56. The second-order valence-electron chi connectivity index (χ2n) is 4.86. The van der Waals surface area contributed by atoms with E-state index in [0.717, 1.165) is 11.1 Å². The number of rotatable bonds is 3. The number of carbonyl (C=O) groups is 1. The summed E-state index contributed by atoms with van der Waals surface area (Å²) < 4.78 is 0. The van der Waals surface area contributed by atoms with Gasteiger partial charge in [-0.3, -0.25) is 4.79 Å². The van der Waals surface area contributed by atoms with Crippen LogP contribution in [0.5, 0.6) is 0 Å². The second-order valence-corrected chi connectivity index (χ2v) is 4.86. The van der Waals surface area contributed by atoms with Crippen molar-refractivity contribution in [2.45, 2.75) is 0 Å². The number of hydrogen-bond donors (Lipinski definition) is 1. The summed E-state index contributed by atoms with van der Waals surface area (Å²) in [5.41, 5.74) is 9.74. The van der Waals surface area contributed by atoms with Crippen LogP contribution >= 0.6 is 0 Å². The Hall–Kier alpha value is -2.87. The second kappa shape index (κ2) is 5.63. The molecule has 2 heteroatoms. The molecule has 0 aliphatic rings. The predicted octanol–water partition coefficient (Wildman–Crippen LogP) is 4.17. The molecule has 3 aromatic rings. The Morgan fingerprint density at radius 1 is 0.714 bits per heavy atom. The SMILES string of the molecule is Nc1ccc(-c2ccccc2)cc1C(=O)c1ccccc1. The van der Waals surface area contributed by atoms with Gasteiger partial charge in [0.2, 0.25) is 0 Å². The van der Waals surface area contributed by atoms with Crippen molar-refractivity contribution in [3.05, 3.63) is 90.0 Å². The van der Waals surface area contributed by atoms with Crippen molar-refractivity contribution in [2.24, 2.45) is 0 Å². The van der Waals surface area contributed by atoms with Gasteiger partial charge in [-0.05, 0) is 23.3 Å². The zero-order valence-corrected chi connectivity index (χ0v) is 11.5. The molecule has 0 radical (unpaired) electrons. The van der Waals surface area contributed by atoms with E-state index in [-0.39, 0.29) is 5.78 Å². The Morgan fingerprint density at radius 3 is 2.00 bits per heavy atom. The lowest BCUT2D eigenvalue weighted by atomic mass is 9.97. The van der Waals surface area contributed by atoms with Crippen molar-refractivity contribution in [3.8, 4) is 11.1 Å². The Bertz CT molecular complexity index is 764. The number of hydrogen-bond acceptors (Lipinski definition) is 2. The van der Waals surface area contributed by atoms with Crippen LogP contribution in [-0.4, -0.2) is 5.78 Å². The Morgan fingerprint density at radius 2 is 1.33 bits per heavy atom. The number of ketones is 1. The van der Waals surface area contributed by atoms with Crippen molar-refractivity contribution in [1.82, 2.24) is 0 Å². The maximum Gasteiger partial charge on any atom is 0.195 e. The average molecular weight is 273 g/mol. The van der Waals surface area contributed by atoms with Gasteiger partial charge in [0, 0.05) is 16.8 Å². The first kappa shape index (κ1) is 13.1. The number of carbonyl (C=O) groups excluding carboxylic acids is 1. The van der Waals surface area contributed by atoms with Gasteiger partial charge in [-0.2, -0.15) is 0 Å². The van der Waals surface area contributed by atoms with E-state index in [0.29, 0.717) is 16.8 Å². The van der Waals surface area contributed by atoms with Crippen LogP contribution in [0.3, 0.4) is 0 Å². The highest BCUT2D eigenvalue weighted by Gasteiger charge is 2.13. The van der Waals surface area contributed by atoms with Crippen LogP contribution in [0.2, 0.25) is 0 Å². The standard InChI is InChI=1S/C19H15NO/c20-18-12-11-16(14-7-3-1-4-8-14)13-17(18)19(21)15-9-5-2-6-10-15/h1-13H,20H2. The zero-order chi connectivity index (χ0) is 14.7. The molecular formula is C19H15NO. The van der Waals surface area contributed by atoms with Gasteiger partial charge >= 0.3 is 0 Å². The summed E-state index contributed by atoms with van der Waals surface area (Å²) in [6.07, 6.45) is 0. The quantitative estimate of drug-likeness (QED) is 0.575. The molecule has 3 rings (SSSR count). The molecule has 2 nitrogen and oxygen atoms in total. The molecule has 102 valence electrons. The fourth-order valence-corrected chi connectivity index (χ4v) is 2.31. The summed E-state index contributed by atoms with van der Waals surface area (Å²) in [6.45, 7) is 0. The third kappa shape index (κ3) is 2.70. The fourth-order valence-electron chi connectivity index (χ4n) is 2.31. The fraction of sp³-hybridized carbons (Fsp3) is 0. The van der Waals surface area contributed by atoms with E-state index in [1.54, 1.807) is 18.2 Å². The molecule has 2 N–H and O–H groups in total. The minimum atomic E-state index is -0.0501. The number of nitrogens with two attached hydrogens (primary N) is 1. The van der Waals surface area contributed by atoms with Crippen molar-refractivity contribution < 1.29 is 4.79 Å². The van der Waals surface area contributed by atoms with Gasteiger partial charge in [0.25, 0.3) is 0 Å². The summed E-state index contributed by atoms with van der Waals surface area (Å²) in [4.78, 5) is 12.6. The van der Waals surface area contributed by atoms with E-state index < -0.39 is 0 Å². The van der Waals surface area contributed by atoms with Gasteiger partial charge in [-0.25, -0.2) is 0 Å². The first-order chi connectivity index (χ1) is 10.3. The van der Waals surface area contributed by atoms with Gasteiger partial charge in [0.1, 0.15) is 0 Å². The lowest BCUT2D eigenvalue weighted by Crippen LogP contribution is -2.05. The number of nitrogen functional groups attached to an aromatic ring is 1. The van der Waals surface area contributed by atoms with Gasteiger partial charge in [-0.15, -0.1) is 0 Å². The molecule has 0 aliphatic carbocycles. The van der Waals surface area contributed by atoms with Gasteiger partial charge in [0.05, 0.1) is 0 Å². The molecule has 0 spiro atoms. The number of benzene rings is 3. The topological polar surface area (TPSA) is 43.1 Å². The van der Waals surface area contributed by atoms with E-state index in [1.807, 2.05) is 60.7 Å². The predicted molar refractivity (Wildman–Crippen MR) is 86.2 cm³/mol. The Balaban J connectivity index is 2.05. The van der Waals surface area contributed by atoms with Crippen molar-refractivity contribution in [3.63, 3.8) is 0 Å². The van der Waals surface area contributed by atoms with Crippen LogP contribution in [-0.2, 0) is 0 Å². The maximum absolute atomic E-state index is 12.6. The maximum atomic E-state index is 12.6. The lowest BCUT2D eigenvalue weighted by molar-refractivity contribution is 0.103. The number of anilines is 1. The third-order valence-electron chi connectivity index (χ3n) is 3.44. The van der Waals surface area contributed by atoms with Gasteiger partial charge in [0.15, 0.2) is 5.78 Å². The first-order valence-corrected chi connectivity index (χ1v) is 6.80. The molecule has 0 saturated carbocycles. The Labute approximate surface area is 123 Å². The van der Waals surface area contributed by atoms with Crippen LogP contribution in [0.25, 0.3) is 11.1 Å². The van der Waals surface area contributed by atoms with Gasteiger partial charge in [-0.1, -0.05) is 66.7 Å². The monoisotopic (exact) mass is 273 g/mol. The molecule has 0 heterocycles. The van der Waals surface area contributed by atoms with Crippen molar-refractivity contribution in [1.29, 1.82) is 0 Å². The van der Waals surface area contributed by atoms with E-state index in [2.05, 4.69) is 0 Å². The van der Waals surface area contributed by atoms with Crippen LogP contribution in [0.1, 0.15) is 15.9 Å². The van der Waals surface area contributed by atoms with Crippen LogP contribution in [0.15, 0.2) is 78.9 Å². The first-order valence-electron chi connectivity index (χ1n) is 6.80. The van der Waals surface area contributed by atoms with E-state index >= 15 is 0 Å². The molecule has 21 heavy (non-hydrogen) atoms. The molecule has 0 aliphatic heterocycles. The summed E-state index contributed by atoms with van der Waals surface area (Å²) in [5.74, 6) is -0.0501. The van der Waals surface area contributed by atoms with Crippen LogP contribution < -0.4 is 5.73 Å². The summed E-state index contributed by atoms with van der Waals surface area (Å²) in [6, 6.07) is 24.7. The summed E-state index contributed by atoms with van der Waals surface area (Å²) in [5, 5.41) is 0. The normalized spacial score (nSPS) is 10.3. The highest BCUT2D eigenvalue weighted by atomic mass is 16.1. The minimum Gasteiger partial charge on any atom is -0.398 e. The largest absolute Gasteiger partial charge is 0.398 e. The molecular weight excluding hydrogens is 258 g/mol. The molecule has 0 unspecified atom stereocenters. The molecule has 0 saturated heterocycles. The molecule has 3 aromatic carbocycles. The van der Waals surface area contributed by atoms with Gasteiger partial charge < -0.3 is 5.73 Å². The lowest BCUT2D eigenvalue weighted by Gasteiger charge is -2.08. The molecule has 0 aromatic heterocycles. The van der Waals surface area contributed by atoms with E-state index in [4.69, 9.17) is 5.73 Å². The van der Waals surface area contributed by atoms with Crippen LogP contribution in [0.4, 0.5) is 5.69 Å². The highest BCUT2D eigenvalue weighted by Crippen LogP contribution is 2.25. The molecule has 0 fully saturated rings. The summed E-state index contributed by atoms with van der Waals surface area (Å²) >= 11 is 0. The molecule has 0 atom stereocenters. The third-order valence-corrected chi connectivity index (χ3v) is 3.44. The van der Waals surface area contributed by atoms with E-state index in [9.17, 15) is 4.79 Å². The van der Waals surface area contributed by atoms with Crippen molar-refractivity contribution >= 4 is 11.5 Å². The van der Waals surface area contributed by atoms with E-state index in [1.165, 1.54) is 0 Å². The molecule has 0 bridgehead atoms. The summed E-state index contributed by atoms with van der Waals surface area (Å²) in [7, 11) is 0. The Kier molecular flexibility index (Phi) is 3.52. The van der Waals surface area contributed by atoms with Crippen LogP contribution in [0, 0.1) is 0 Å². The smallest absolute Gasteiger partial charge is 0.195 e. The minimum absolute atomic E-state index is 0.0501. The highest BCUT2D eigenvalue weighted by molar-refractivity contribution is 6.12. The zero-order valence-electron chi connectivity index (χ0n) is 11.5. The van der Waals surface area contributed by atoms with Crippen molar-refractivity contribution in [2.75, 3.05) is 5.73 Å².